The number of rotatable bonds is 9. The molecule has 11 nitrogen and oxygen atoms in total. The highest BCUT2D eigenvalue weighted by molar-refractivity contribution is 6.27. The molecule has 1 aliphatic rings. The number of carbonyl (C=O) groups is 2. The van der Waals surface area contributed by atoms with Crippen LogP contribution in [0, 0.1) is 11.6 Å². The SMILES string of the molecule is COc1ccc2nccc([C@@H](O)CN3CCN(C[C@H](O)CNc4cc(F)cc(F)c4)CC3)c2c1.O=C(O)C(=O)O. The van der Waals surface area contributed by atoms with Crippen molar-refractivity contribution in [3.05, 3.63) is 65.9 Å². The molecule has 1 fully saturated rings. The third kappa shape index (κ3) is 9.09. The molecule has 40 heavy (non-hydrogen) atoms. The fourth-order valence-electron chi connectivity index (χ4n) is 4.32. The molecule has 2 atom stereocenters. The van der Waals surface area contributed by atoms with E-state index < -0.39 is 35.8 Å². The smallest absolute Gasteiger partial charge is 0.414 e. The Bertz CT molecular complexity index is 1270. The standard InChI is InChI=1S/C25H30F2N4O3.C2H2O4/c1-34-21-2-3-24-23(13-21)22(4-5-28-24)25(33)16-31-8-6-30(7-9-31)15-20(32)14-29-19-11-17(26)10-18(27)12-19;3-1(4)2(5)6/h2-5,10-13,20,25,29,32-33H,6-9,14-16H2,1H3;(H,3,4)(H,5,6)/t20-,25+;/m1./s1. The molecule has 2 aromatic carbocycles. The third-order valence-electron chi connectivity index (χ3n) is 6.29. The van der Waals surface area contributed by atoms with Gasteiger partial charge >= 0.3 is 11.9 Å². The third-order valence-corrected chi connectivity index (χ3v) is 6.29. The van der Waals surface area contributed by atoms with Gasteiger partial charge in [-0.15, -0.1) is 0 Å². The number of nitrogens with one attached hydrogen (secondary N) is 1. The van der Waals surface area contributed by atoms with Crippen molar-refractivity contribution in [3.8, 4) is 5.75 Å². The van der Waals surface area contributed by atoms with E-state index >= 15 is 0 Å². The molecule has 3 aromatic rings. The Balaban J connectivity index is 0.000000663. The zero-order valence-corrected chi connectivity index (χ0v) is 21.8. The van der Waals surface area contributed by atoms with Crippen LogP contribution in [0.25, 0.3) is 10.9 Å². The molecule has 1 aliphatic heterocycles. The second kappa shape index (κ2) is 14.5. The molecule has 0 saturated carbocycles. The molecule has 2 heterocycles. The zero-order valence-electron chi connectivity index (χ0n) is 21.8. The summed E-state index contributed by atoms with van der Waals surface area (Å²) in [6.07, 6.45) is 0.367. The van der Waals surface area contributed by atoms with Gasteiger partial charge in [0.25, 0.3) is 0 Å². The summed E-state index contributed by atoms with van der Waals surface area (Å²) in [6, 6.07) is 10.7. The highest BCUT2D eigenvalue weighted by Crippen LogP contribution is 2.27. The summed E-state index contributed by atoms with van der Waals surface area (Å²) in [6.45, 7) is 4.18. The lowest BCUT2D eigenvalue weighted by Gasteiger charge is -2.36. The first-order valence-electron chi connectivity index (χ1n) is 12.5. The van der Waals surface area contributed by atoms with Crippen LogP contribution in [-0.2, 0) is 9.59 Å². The van der Waals surface area contributed by atoms with E-state index in [2.05, 4.69) is 20.1 Å². The maximum Gasteiger partial charge on any atom is 0.414 e. The number of carboxylic acid groups (broad SMARTS) is 2. The minimum absolute atomic E-state index is 0.195. The first-order valence-corrected chi connectivity index (χ1v) is 12.5. The number of aliphatic hydroxyl groups is 2. The van der Waals surface area contributed by atoms with Gasteiger partial charge in [0.1, 0.15) is 17.4 Å². The van der Waals surface area contributed by atoms with Crippen LogP contribution in [0.4, 0.5) is 14.5 Å². The Morgan fingerprint density at radius 2 is 1.55 bits per heavy atom. The second-order valence-corrected chi connectivity index (χ2v) is 9.20. The highest BCUT2D eigenvalue weighted by atomic mass is 19.1. The number of aliphatic carboxylic acids is 2. The Morgan fingerprint density at radius 1 is 0.950 bits per heavy atom. The molecule has 5 N–H and O–H groups in total. The average molecular weight is 563 g/mol. The van der Waals surface area contributed by atoms with Gasteiger partial charge in [0.15, 0.2) is 0 Å². The number of fused-ring (bicyclic) bond motifs is 1. The minimum atomic E-state index is -1.82. The van der Waals surface area contributed by atoms with Crippen LogP contribution in [0.5, 0.6) is 5.75 Å². The second-order valence-electron chi connectivity index (χ2n) is 9.20. The van der Waals surface area contributed by atoms with Gasteiger partial charge in [-0.1, -0.05) is 0 Å². The molecule has 0 unspecified atom stereocenters. The van der Waals surface area contributed by atoms with E-state index in [9.17, 15) is 19.0 Å². The lowest BCUT2D eigenvalue weighted by atomic mass is 10.0. The number of pyridine rings is 1. The normalized spacial score (nSPS) is 15.5. The van der Waals surface area contributed by atoms with Crippen LogP contribution in [0.3, 0.4) is 0 Å². The summed E-state index contributed by atoms with van der Waals surface area (Å²) < 4.78 is 31.9. The Hall–Kier alpha value is -3.91. The van der Waals surface area contributed by atoms with Crippen molar-refractivity contribution in [1.82, 2.24) is 14.8 Å². The number of hydrogen-bond donors (Lipinski definition) is 5. The monoisotopic (exact) mass is 562 g/mol. The van der Waals surface area contributed by atoms with E-state index in [1.54, 1.807) is 13.3 Å². The number of aliphatic hydroxyl groups excluding tert-OH is 2. The lowest BCUT2D eigenvalue weighted by molar-refractivity contribution is -0.159. The number of ether oxygens (including phenoxy) is 1. The number of piperazine rings is 1. The van der Waals surface area contributed by atoms with Crippen molar-refractivity contribution in [1.29, 1.82) is 0 Å². The maximum atomic E-state index is 13.3. The van der Waals surface area contributed by atoms with Gasteiger partial charge < -0.3 is 30.5 Å². The van der Waals surface area contributed by atoms with Crippen molar-refractivity contribution in [2.75, 3.05) is 58.2 Å². The summed E-state index contributed by atoms with van der Waals surface area (Å²) in [5.41, 5.74) is 1.93. The molecular formula is C27H32F2N4O7. The Kier molecular flexibility index (Phi) is 11.1. The van der Waals surface area contributed by atoms with Crippen molar-refractivity contribution in [2.24, 2.45) is 0 Å². The molecule has 13 heteroatoms. The van der Waals surface area contributed by atoms with E-state index in [0.29, 0.717) is 18.8 Å². The molecule has 1 saturated heterocycles. The predicted molar refractivity (Wildman–Crippen MR) is 142 cm³/mol. The number of hydrogen-bond acceptors (Lipinski definition) is 9. The fraction of sp³-hybridized carbons (Fsp3) is 0.370. The van der Waals surface area contributed by atoms with Gasteiger partial charge in [-0.2, -0.15) is 0 Å². The molecule has 4 rings (SSSR count). The number of carboxylic acids is 2. The van der Waals surface area contributed by atoms with Gasteiger partial charge in [0.2, 0.25) is 0 Å². The quantitative estimate of drug-likeness (QED) is 0.243. The first kappa shape index (κ1) is 30.6. The van der Waals surface area contributed by atoms with Crippen LogP contribution in [0.1, 0.15) is 11.7 Å². The van der Waals surface area contributed by atoms with Crippen molar-refractivity contribution in [3.63, 3.8) is 0 Å². The molecule has 216 valence electrons. The number of nitrogens with zero attached hydrogens (tertiary/aromatic N) is 3. The number of halogens is 2. The van der Waals surface area contributed by atoms with Crippen molar-refractivity contribution in [2.45, 2.75) is 12.2 Å². The first-order chi connectivity index (χ1) is 19.0. The number of β-amino-alcohol motifs (C(OH)–C–C–N with tert-alkyl or cyclic N) is 2. The summed E-state index contributed by atoms with van der Waals surface area (Å²) in [4.78, 5) is 26.9. The van der Waals surface area contributed by atoms with Gasteiger partial charge in [-0.3, -0.25) is 14.8 Å². The van der Waals surface area contributed by atoms with Gasteiger partial charge in [0, 0.05) is 69.2 Å². The summed E-state index contributed by atoms with van der Waals surface area (Å²) in [5, 5.41) is 39.8. The van der Waals surface area contributed by atoms with E-state index in [1.165, 1.54) is 12.1 Å². The fourth-order valence-corrected chi connectivity index (χ4v) is 4.32. The summed E-state index contributed by atoms with van der Waals surface area (Å²) >= 11 is 0. The van der Waals surface area contributed by atoms with Crippen LogP contribution in [-0.4, -0.2) is 106 Å². The Labute approximate surface area is 229 Å². The predicted octanol–water partition coefficient (Wildman–Crippen LogP) is 1.80. The highest BCUT2D eigenvalue weighted by Gasteiger charge is 2.22. The van der Waals surface area contributed by atoms with Crippen molar-refractivity contribution < 1.29 is 43.5 Å². The molecule has 0 spiro atoms. The molecular weight excluding hydrogens is 530 g/mol. The number of anilines is 1. The minimum Gasteiger partial charge on any atom is -0.497 e. The van der Waals surface area contributed by atoms with Gasteiger partial charge in [-0.05, 0) is 42.0 Å². The molecule has 0 bridgehead atoms. The number of aromatic nitrogens is 1. The molecule has 0 amide bonds. The zero-order chi connectivity index (χ0) is 29.2. The maximum absolute atomic E-state index is 13.3. The van der Waals surface area contributed by atoms with E-state index in [0.717, 1.165) is 54.5 Å². The van der Waals surface area contributed by atoms with Gasteiger partial charge in [-0.25, -0.2) is 18.4 Å². The molecule has 0 radical (unpaired) electrons. The topological polar surface area (TPSA) is 156 Å². The summed E-state index contributed by atoms with van der Waals surface area (Å²) in [5.74, 6) is -4.24. The van der Waals surface area contributed by atoms with Crippen LogP contribution < -0.4 is 10.1 Å². The van der Waals surface area contributed by atoms with Crippen LogP contribution in [0.15, 0.2) is 48.7 Å². The van der Waals surface area contributed by atoms with E-state index in [4.69, 9.17) is 24.5 Å². The largest absolute Gasteiger partial charge is 0.497 e. The number of benzene rings is 2. The van der Waals surface area contributed by atoms with Crippen LogP contribution >= 0.6 is 0 Å². The van der Waals surface area contributed by atoms with E-state index in [1.807, 2.05) is 24.3 Å². The van der Waals surface area contributed by atoms with Gasteiger partial charge in [0.05, 0.1) is 24.8 Å². The lowest BCUT2D eigenvalue weighted by Crippen LogP contribution is -2.50. The number of methoxy groups -OCH3 is 1. The molecule has 0 aliphatic carbocycles. The van der Waals surface area contributed by atoms with Crippen LogP contribution in [0.2, 0.25) is 0 Å². The summed E-state index contributed by atoms with van der Waals surface area (Å²) in [7, 11) is 1.61. The van der Waals surface area contributed by atoms with E-state index in [-0.39, 0.29) is 6.54 Å². The Morgan fingerprint density at radius 3 is 2.12 bits per heavy atom. The average Bonchev–Trinajstić information content (AvgIpc) is 2.92. The molecule has 1 aromatic heterocycles. The van der Waals surface area contributed by atoms with Crippen molar-refractivity contribution >= 4 is 28.5 Å².